The van der Waals surface area contributed by atoms with Gasteiger partial charge in [0.2, 0.25) is 0 Å². The predicted molar refractivity (Wildman–Crippen MR) is 109 cm³/mol. The summed E-state index contributed by atoms with van der Waals surface area (Å²) in [6, 6.07) is 5.04. The lowest BCUT2D eigenvalue weighted by Gasteiger charge is -2.40. The number of benzene rings is 1. The van der Waals surface area contributed by atoms with Gasteiger partial charge in [0, 0.05) is 44.3 Å². The van der Waals surface area contributed by atoms with Crippen molar-refractivity contribution in [3.05, 3.63) is 33.8 Å². The first-order chi connectivity index (χ1) is 13.7. The fourth-order valence-corrected chi connectivity index (χ4v) is 5.87. The van der Waals surface area contributed by atoms with E-state index in [0.717, 1.165) is 0 Å². The first-order valence-electron chi connectivity index (χ1n) is 9.66. The Labute approximate surface area is 174 Å². The number of rotatable bonds is 4. The van der Waals surface area contributed by atoms with Crippen LogP contribution < -0.4 is 5.76 Å². The van der Waals surface area contributed by atoms with Gasteiger partial charge in [0.15, 0.2) is 5.58 Å². The third-order valence-corrected chi connectivity index (χ3v) is 7.54. The lowest BCUT2D eigenvalue weighted by molar-refractivity contribution is -0.0458. The number of oxazole rings is 1. The summed E-state index contributed by atoms with van der Waals surface area (Å²) in [6.07, 6.45) is -0.245. The SMILES string of the molecule is CC1CN(S(=O)(=O)N2CCN(Cn3c(=O)oc4ccc(Cl)cc43)CC2)CC(C)O1. The summed E-state index contributed by atoms with van der Waals surface area (Å²) in [7, 11) is -3.53. The molecule has 0 saturated carbocycles. The van der Waals surface area contributed by atoms with E-state index in [9.17, 15) is 13.2 Å². The minimum Gasteiger partial charge on any atom is -0.408 e. The van der Waals surface area contributed by atoms with Gasteiger partial charge in [0.1, 0.15) is 0 Å². The lowest BCUT2D eigenvalue weighted by atomic mass is 10.3. The fraction of sp³-hybridized carbons (Fsp3) is 0.611. The zero-order chi connectivity index (χ0) is 20.8. The molecule has 9 nitrogen and oxygen atoms in total. The van der Waals surface area contributed by atoms with E-state index < -0.39 is 16.0 Å². The van der Waals surface area contributed by atoms with E-state index in [1.54, 1.807) is 18.2 Å². The van der Waals surface area contributed by atoms with E-state index in [1.165, 1.54) is 13.2 Å². The number of hydrogen-bond donors (Lipinski definition) is 0. The van der Waals surface area contributed by atoms with Crippen molar-refractivity contribution < 1.29 is 17.6 Å². The second-order valence-corrected chi connectivity index (χ2v) is 10.0. The Hall–Kier alpha value is -1.43. The van der Waals surface area contributed by atoms with Crippen LogP contribution >= 0.6 is 11.6 Å². The monoisotopic (exact) mass is 444 g/mol. The summed E-state index contributed by atoms with van der Waals surface area (Å²) in [5, 5.41) is 0.525. The van der Waals surface area contributed by atoms with Gasteiger partial charge in [-0.25, -0.2) is 4.79 Å². The molecule has 2 fully saturated rings. The number of piperazine rings is 1. The van der Waals surface area contributed by atoms with Crippen molar-refractivity contribution in [2.75, 3.05) is 39.3 Å². The van der Waals surface area contributed by atoms with Gasteiger partial charge in [0.05, 0.1) is 24.4 Å². The highest BCUT2D eigenvalue weighted by atomic mass is 35.5. The van der Waals surface area contributed by atoms with Crippen LogP contribution in [-0.2, 0) is 21.6 Å². The maximum absolute atomic E-state index is 13.0. The second kappa shape index (κ2) is 8.01. The Balaban J connectivity index is 1.43. The number of fused-ring (bicyclic) bond motifs is 1. The van der Waals surface area contributed by atoms with Crippen molar-refractivity contribution in [3.8, 4) is 0 Å². The molecule has 0 N–H and O–H groups in total. The van der Waals surface area contributed by atoms with Crippen molar-refractivity contribution in [2.24, 2.45) is 0 Å². The van der Waals surface area contributed by atoms with Crippen LogP contribution in [0.2, 0.25) is 5.02 Å². The van der Waals surface area contributed by atoms with Crippen molar-refractivity contribution in [1.82, 2.24) is 18.1 Å². The van der Waals surface area contributed by atoms with Gasteiger partial charge < -0.3 is 9.15 Å². The van der Waals surface area contributed by atoms with E-state index in [0.29, 0.717) is 62.1 Å². The average Bonchev–Trinajstić information content (AvgIpc) is 2.96. The molecule has 2 aromatic rings. The molecule has 0 amide bonds. The van der Waals surface area contributed by atoms with Gasteiger partial charge in [-0.3, -0.25) is 9.47 Å². The minimum atomic E-state index is -3.53. The zero-order valence-electron chi connectivity index (χ0n) is 16.5. The number of morpholine rings is 1. The highest BCUT2D eigenvalue weighted by molar-refractivity contribution is 7.86. The topological polar surface area (TPSA) is 88.2 Å². The van der Waals surface area contributed by atoms with E-state index in [-0.39, 0.29) is 12.2 Å². The first-order valence-corrected chi connectivity index (χ1v) is 11.4. The standard InChI is InChI=1S/C18H25ClN4O5S/c1-13-10-22(11-14(2)27-13)29(25,26)21-7-5-20(6-8-21)12-23-16-9-15(19)3-4-17(16)28-18(23)24/h3-4,9,13-14H,5-8,10-12H2,1-2H3. The molecule has 2 aliphatic rings. The third-order valence-electron chi connectivity index (χ3n) is 5.34. The molecule has 2 saturated heterocycles. The van der Waals surface area contributed by atoms with E-state index in [1.807, 2.05) is 18.7 Å². The largest absolute Gasteiger partial charge is 0.421 e. The third kappa shape index (κ3) is 4.23. The van der Waals surface area contributed by atoms with Crippen molar-refractivity contribution >= 4 is 32.9 Å². The molecular weight excluding hydrogens is 420 g/mol. The van der Waals surface area contributed by atoms with E-state index in [4.69, 9.17) is 20.8 Å². The molecular formula is C18H25ClN4O5S. The van der Waals surface area contributed by atoms with Crippen molar-refractivity contribution in [3.63, 3.8) is 0 Å². The van der Waals surface area contributed by atoms with Crippen LogP contribution in [0.1, 0.15) is 13.8 Å². The first kappa shape index (κ1) is 20.8. The summed E-state index contributed by atoms with van der Waals surface area (Å²) >= 11 is 6.05. The van der Waals surface area contributed by atoms with Gasteiger partial charge in [-0.15, -0.1) is 0 Å². The Morgan fingerprint density at radius 1 is 1.07 bits per heavy atom. The van der Waals surface area contributed by atoms with E-state index in [2.05, 4.69) is 0 Å². The van der Waals surface area contributed by atoms with Crippen molar-refractivity contribution in [1.29, 1.82) is 0 Å². The molecule has 1 aromatic carbocycles. The van der Waals surface area contributed by atoms with Crippen LogP contribution in [-0.4, -0.2) is 78.0 Å². The van der Waals surface area contributed by atoms with Gasteiger partial charge in [-0.2, -0.15) is 17.0 Å². The molecule has 4 rings (SSSR count). The fourth-order valence-electron chi connectivity index (χ4n) is 3.95. The number of aromatic nitrogens is 1. The maximum atomic E-state index is 13.0. The predicted octanol–water partition coefficient (Wildman–Crippen LogP) is 1.18. The normalized spacial score (nSPS) is 25.6. The Morgan fingerprint density at radius 2 is 1.72 bits per heavy atom. The van der Waals surface area contributed by atoms with Crippen LogP contribution in [0.4, 0.5) is 0 Å². The molecule has 1 aromatic heterocycles. The van der Waals surface area contributed by atoms with Gasteiger partial charge >= 0.3 is 5.76 Å². The summed E-state index contributed by atoms with van der Waals surface area (Å²) in [6.45, 7) is 6.61. The molecule has 0 bridgehead atoms. The summed E-state index contributed by atoms with van der Waals surface area (Å²) < 4.78 is 41.5. The van der Waals surface area contributed by atoms with Gasteiger partial charge in [0.25, 0.3) is 10.2 Å². The Kier molecular flexibility index (Phi) is 5.75. The molecule has 0 aliphatic carbocycles. The number of hydrogen-bond acceptors (Lipinski definition) is 6. The smallest absolute Gasteiger partial charge is 0.408 e. The highest BCUT2D eigenvalue weighted by Crippen LogP contribution is 2.21. The van der Waals surface area contributed by atoms with E-state index >= 15 is 0 Å². The quantitative estimate of drug-likeness (QED) is 0.703. The molecule has 2 atom stereocenters. The second-order valence-electron chi connectivity index (χ2n) is 7.65. The van der Waals surface area contributed by atoms with Crippen LogP contribution in [0.15, 0.2) is 27.4 Å². The zero-order valence-corrected chi connectivity index (χ0v) is 18.0. The molecule has 11 heteroatoms. The average molecular weight is 445 g/mol. The summed E-state index contributed by atoms with van der Waals surface area (Å²) in [5.41, 5.74) is 1.12. The Bertz CT molecular complexity index is 1030. The molecule has 2 unspecified atom stereocenters. The number of nitrogens with zero attached hydrogens (tertiary/aromatic N) is 4. The van der Waals surface area contributed by atoms with Gasteiger partial charge in [-0.05, 0) is 32.0 Å². The van der Waals surface area contributed by atoms with Crippen LogP contribution in [0.25, 0.3) is 11.1 Å². The van der Waals surface area contributed by atoms with Crippen LogP contribution in [0.3, 0.4) is 0 Å². The van der Waals surface area contributed by atoms with Gasteiger partial charge in [-0.1, -0.05) is 11.6 Å². The summed E-state index contributed by atoms with van der Waals surface area (Å²) in [4.78, 5) is 14.3. The summed E-state index contributed by atoms with van der Waals surface area (Å²) in [5.74, 6) is -0.450. The minimum absolute atomic E-state index is 0.122. The molecule has 29 heavy (non-hydrogen) atoms. The lowest BCUT2D eigenvalue weighted by Crippen LogP contribution is -2.57. The maximum Gasteiger partial charge on any atom is 0.421 e. The number of ether oxygens (including phenoxy) is 1. The Morgan fingerprint density at radius 3 is 2.38 bits per heavy atom. The molecule has 160 valence electrons. The molecule has 2 aliphatic heterocycles. The van der Waals surface area contributed by atoms with Crippen LogP contribution in [0, 0.1) is 0 Å². The molecule has 3 heterocycles. The molecule has 0 spiro atoms. The van der Waals surface area contributed by atoms with Crippen molar-refractivity contribution in [2.45, 2.75) is 32.7 Å². The molecule has 0 radical (unpaired) electrons. The number of halogens is 1. The highest BCUT2D eigenvalue weighted by Gasteiger charge is 2.36. The van der Waals surface area contributed by atoms with Crippen LogP contribution in [0.5, 0.6) is 0 Å².